The van der Waals surface area contributed by atoms with E-state index in [1.54, 1.807) is 12.1 Å². The summed E-state index contributed by atoms with van der Waals surface area (Å²) in [5.74, 6) is 1.13. The molecule has 0 radical (unpaired) electrons. The predicted molar refractivity (Wildman–Crippen MR) is 61.6 cm³/mol. The second-order valence-electron chi connectivity index (χ2n) is 3.78. The fraction of sp³-hybridized carbons (Fsp3) is 0.231. The van der Waals surface area contributed by atoms with Crippen LogP contribution in [0.5, 0.6) is 0 Å². The van der Waals surface area contributed by atoms with Crippen LogP contribution < -0.4 is 5.32 Å². The van der Waals surface area contributed by atoms with E-state index in [-0.39, 0.29) is 5.82 Å². The molecule has 0 aliphatic rings. The van der Waals surface area contributed by atoms with Gasteiger partial charge in [0.25, 0.3) is 0 Å². The molecule has 2 aromatic rings. The summed E-state index contributed by atoms with van der Waals surface area (Å²) in [7, 11) is 1.84. The lowest BCUT2D eigenvalue weighted by Crippen LogP contribution is -2.03. The van der Waals surface area contributed by atoms with Gasteiger partial charge in [-0.15, -0.1) is 0 Å². The molecule has 1 aromatic heterocycles. The third-order valence-corrected chi connectivity index (χ3v) is 2.40. The fourth-order valence-electron chi connectivity index (χ4n) is 1.61. The molecule has 0 fully saturated rings. The number of halogens is 1. The van der Waals surface area contributed by atoms with Gasteiger partial charge in [0, 0.05) is 0 Å². The molecule has 0 saturated carbocycles. The van der Waals surface area contributed by atoms with Crippen molar-refractivity contribution in [3.8, 4) is 11.3 Å². The first-order valence-corrected chi connectivity index (χ1v) is 5.20. The van der Waals surface area contributed by atoms with Gasteiger partial charge in [0.1, 0.15) is 17.3 Å². The number of hydrogen-bond donors (Lipinski definition) is 1. The van der Waals surface area contributed by atoms with Gasteiger partial charge >= 0.3 is 0 Å². The Kier molecular flexibility index (Phi) is 3.06. The molecule has 16 heavy (non-hydrogen) atoms. The quantitative estimate of drug-likeness (QED) is 0.858. The summed E-state index contributed by atoms with van der Waals surface area (Å²) in [5.41, 5.74) is 1.41. The standard InChI is InChI=1S/C13H14FNO/c1-9-3-5-11(12(14)7-9)13-6-4-10(16-13)8-15-2/h3-7,15H,8H2,1-2H3. The molecular weight excluding hydrogens is 205 g/mol. The third-order valence-electron chi connectivity index (χ3n) is 2.40. The minimum atomic E-state index is -0.245. The molecular formula is C13H14FNO. The van der Waals surface area contributed by atoms with Crippen LogP contribution in [0.3, 0.4) is 0 Å². The van der Waals surface area contributed by atoms with Crippen LogP contribution in [0, 0.1) is 12.7 Å². The van der Waals surface area contributed by atoms with Crippen LogP contribution in [0.4, 0.5) is 4.39 Å². The summed E-state index contributed by atoms with van der Waals surface area (Å²) < 4.78 is 19.2. The molecule has 2 rings (SSSR count). The third kappa shape index (κ3) is 2.14. The predicted octanol–water partition coefficient (Wildman–Crippen LogP) is 3.11. The van der Waals surface area contributed by atoms with Crippen molar-refractivity contribution < 1.29 is 8.81 Å². The molecule has 1 heterocycles. The molecule has 1 aromatic carbocycles. The maximum atomic E-state index is 13.7. The Labute approximate surface area is 94.1 Å². The highest BCUT2D eigenvalue weighted by Gasteiger charge is 2.09. The minimum absolute atomic E-state index is 0.245. The van der Waals surface area contributed by atoms with Gasteiger partial charge in [-0.1, -0.05) is 6.07 Å². The smallest absolute Gasteiger partial charge is 0.137 e. The molecule has 0 atom stereocenters. The minimum Gasteiger partial charge on any atom is -0.460 e. The highest BCUT2D eigenvalue weighted by molar-refractivity contribution is 5.58. The summed E-state index contributed by atoms with van der Waals surface area (Å²) in [6.07, 6.45) is 0. The number of rotatable bonds is 3. The number of nitrogens with one attached hydrogen (secondary N) is 1. The second-order valence-corrected chi connectivity index (χ2v) is 3.78. The van der Waals surface area contributed by atoms with Crippen LogP contribution >= 0.6 is 0 Å². The number of benzene rings is 1. The van der Waals surface area contributed by atoms with Gasteiger partial charge in [-0.25, -0.2) is 4.39 Å². The van der Waals surface area contributed by atoms with Crippen molar-refractivity contribution in [1.29, 1.82) is 0 Å². The van der Waals surface area contributed by atoms with Gasteiger partial charge < -0.3 is 9.73 Å². The Bertz CT molecular complexity index is 490. The van der Waals surface area contributed by atoms with E-state index in [0.717, 1.165) is 11.3 Å². The molecule has 1 N–H and O–H groups in total. The zero-order chi connectivity index (χ0) is 11.5. The maximum absolute atomic E-state index is 13.7. The molecule has 0 saturated heterocycles. The van der Waals surface area contributed by atoms with E-state index >= 15 is 0 Å². The second kappa shape index (κ2) is 4.49. The van der Waals surface area contributed by atoms with E-state index in [2.05, 4.69) is 5.32 Å². The van der Waals surface area contributed by atoms with Gasteiger partial charge in [0.05, 0.1) is 12.1 Å². The zero-order valence-corrected chi connectivity index (χ0v) is 9.38. The Morgan fingerprint density at radius 1 is 1.25 bits per heavy atom. The van der Waals surface area contributed by atoms with Crippen LogP contribution in [-0.2, 0) is 6.54 Å². The summed E-state index contributed by atoms with van der Waals surface area (Å²) in [5, 5.41) is 2.99. The topological polar surface area (TPSA) is 25.2 Å². The largest absolute Gasteiger partial charge is 0.460 e. The first-order valence-electron chi connectivity index (χ1n) is 5.20. The van der Waals surface area contributed by atoms with E-state index in [9.17, 15) is 4.39 Å². The highest BCUT2D eigenvalue weighted by atomic mass is 19.1. The van der Waals surface area contributed by atoms with Crippen LogP contribution in [0.15, 0.2) is 34.7 Å². The fourth-order valence-corrected chi connectivity index (χ4v) is 1.61. The van der Waals surface area contributed by atoms with Crippen molar-refractivity contribution in [3.05, 3.63) is 47.5 Å². The molecule has 0 aliphatic heterocycles. The average Bonchev–Trinajstić information content (AvgIpc) is 2.67. The first-order chi connectivity index (χ1) is 7.70. The van der Waals surface area contributed by atoms with Gasteiger partial charge in [0.15, 0.2) is 0 Å². The Balaban J connectivity index is 2.35. The van der Waals surface area contributed by atoms with Crippen molar-refractivity contribution in [3.63, 3.8) is 0 Å². The average molecular weight is 219 g/mol. The molecule has 2 nitrogen and oxygen atoms in total. The van der Waals surface area contributed by atoms with Crippen molar-refractivity contribution in [2.75, 3.05) is 7.05 Å². The first kappa shape index (κ1) is 10.9. The lowest BCUT2D eigenvalue weighted by atomic mass is 10.1. The van der Waals surface area contributed by atoms with Crippen LogP contribution in [0.2, 0.25) is 0 Å². The van der Waals surface area contributed by atoms with Gasteiger partial charge in [-0.2, -0.15) is 0 Å². The molecule has 3 heteroatoms. The van der Waals surface area contributed by atoms with Crippen molar-refractivity contribution in [2.24, 2.45) is 0 Å². The lowest BCUT2D eigenvalue weighted by Gasteiger charge is -2.01. The van der Waals surface area contributed by atoms with Gasteiger partial charge in [-0.05, 0) is 43.8 Å². The highest BCUT2D eigenvalue weighted by Crippen LogP contribution is 2.25. The van der Waals surface area contributed by atoms with Gasteiger partial charge in [0.2, 0.25) is 0 Å². The van der Waals surface area contributed by atoms with E-state index in [1.807, 2.05) is 26.1 Å². The van der Waals surface area contributed by atoms with E-state index < -0.39 is 0 Å². The Morgan fingerprint density at radius 2 is 2.06 bits per heavy atom. The Hall–Kier alpha value is -1.61. The normalized spacial score (nSPS) is 10.7. The van der Waals surface area contributed by atoms with Crippen LogP contribution in [-0.4, -0.2) is 7.05 Å². The van der Waals surface area contributed by atoms with Gasteiger partial charge in [-0.3, -0.25) is 0 Å². The number of furan rings is 1. The van der Waals surface area contributed by atoms with Crippen LogP contribution in [0.1, 0.15) is 11.3 Å². The molecule has 0 unspecified atom stereocenters. The molecule has 0 aliphatic carbocycles. The number of aryl methyl sites for hydroxylation is 1. The Morgan fingerprint density at radius 3 is 2.75 bits per heavy atom. The van der Waals surface area contributed by atoms with E-state index in [4.69, 9.17) is 4.42 Å². The van der Waals surface area contributed by atoms with E-state index in [1.165, 1.54) is 6.07 Å². The number of hydrogen-bond acceptors (Lipinski definition) is 2. The van der Waals surface area contributed by atoms with Crippen LogP contribution in [0.25, 0.3) is 11.3 Å². The monoisotopic (exact) mass is 219 g/mol. The lowest BCUT2D eigenvalue weighted by molar-refractivity contribution is 0.503. The molecule has 0 amide bonds. The molecule has 0 bridgehead atoms. The summed E-state index contributed by atoms with van der Waals surface area (Å²) in [6, 6.07) is 8.77. The molecule has 84 valence electrons. The van der Waals surface area contributed by atoms with Crippen molar-refractivity contribution in [1.82, 2.24) is 5.32 Å². The van der Waals surface area contributed by atoms with E-state index in [0.29, 0.717) is 17.9 Å². The summed E-state index contributed by atoms with van der Waals surface area (Å²) in [4.78, 5) is 0. The summed E-state index contributed by atoms with van der Waals surface area (Å²) in [6.45, 7) is 2.51. The summed E-state index contributed by atoms with van der Waals surface area (Å²) >= 11 is 0. The van der Waals surface area contributed by atoms with Crippen molar-refractivity contribution in [2.45, 2.75) is 13.5 Å². The van der Waals surface area contributed by atoms with Crippen molar-refractivity contribution >= 4 is 0 Å². The molecule has 0 spiro atoms. The maximum Gasteiger partial charge on any atom is 0.137 e. The SMILES string of the molecule is CNCc1ccc(-c2ccc(C)cc2F)o1. The zero-order valence-electron chi connectivity index (χ0n) is 9.38.